The lowest BCUT2D eigenvalue weighted by atomic mass is 10.1. The van der Waals surface area contributed by atoms with Crippen molar-refractivity contribution >= 4 is 11.6 Å². The zero-order valence-electron chi connectivity index (χ0n) is 6.92. The number of halogens is 1. The monoisotopic (exact) mass is 185 g/mol. The molecule has 0 aliphatic carbocycles. The Bertz CT molecular complexity index is 275. The highest BCUT2D eigenvalue weighted by Gasteiger charge is 2.08. The molecule has 0 bridgehead atoms. The molecule has 0 saturated carbocycles. The molecule has 0 fully saturated rings. The zero-order chi connectivity index (χ0) is 9.14. The second-order valence-electron chi connectivity index (χ2n) is 2.78. The van der Waals surface area contributed by atoms with Gasteiger partial charge >= 0.3 is 0 Å². The third-order valence-electron chi connectivity index (χ3n) is 1.74. The third-order valence-corrected chi connectivity index (χ3v) is 2.07. The van der Waals surface area contributed by atoms with E-state index in [1.807, 2.05) is 19.1 Å². The van der Waals surface area contributed by atoms with Crippen molar-refractivity contribution in [1.29, 1.82) is 0 Å². The van der Waals surface area contributed by atoms with E-state index in [4.69, 9.17) is 17.3 Å². The summed E-state index contributed by atoms with van der Waals surface area (Å²) in [5, 5.41) is 9.97. The normalized spacial score (nSPS) is 13.0. The van der Waals surface area contributed by atoms with Gasteiger partial charge in [0.05, 0.1) is 6.10 Å². The maximum atomic E-state index is 9.39. The number of rotatable bonds is 2. The van der Waals surface area contributed by atoms with E-state index in [0.717, 1.165) is 5.56 Å². The molecule has 2 nitrogen and oxygen atoms in total. The summed E-state index contributed by atoms with van der Waals surface area (Å²) in [4.78, 5) is 0. The Labute approximate surface area is 77.0 Å². The molecule has 0 radical (unpaired) electrons. The molecule has 0 saturated heterocycles. The van der Waals surface area contributed by atoms with Crippen LogP contribution in [-0.4, -0.2) is 11.7 Å². The molecule has 1 atom stereocenters. The van der Waals surface area contributed by atoms with E-state index >= 15 is 0 Å². The Morgan fingerprint density at radius 1 is 1.58 bits per heavy atom. The van der Waals surface area contributed by atoms with Gasteiger partial charge in [-0.15, -0.1) is 0 Å². The number of hydrogen-bond donors (Lipinski definition) is 2. The van der Waals surface area contributed by atoms with E-state index in [-0.39, 0.29) is 6.54 Å². The molecule has 1 rings (SSSR count). The third kappa shape index (κ3) is 1.97. The standard InChI is InChI=1S/C9H12ClNO/c1-6-2-3-7(8(10)4-6)9(12)5-11/h2-4,9,12H,5,11H2,1H3. The second-order valence-corrected chi connectivity index (χ2v) is 3.18. The smallest absolute Gasteiger partial charge is 0.0926 e. The average molecular weight is 186 g/mol. The van der Waals surface area contributed by atoms with Gasteiger partial charge in [0.25, 0.3) is 0 Å². The van der Waals surface area contributed by atoms with Crippen molar-refractivity contribution in [1.82, 2.24) is 0 Å². The maximum Gasteiger partial charge on any atom is 0.0926 e. The van der Waals surface area contributed by atoms with E-state index in [1.165, 1.54) is 0 Å². The van der Waals surface area contributed by atoms with Gasteiger partial charge in [-0.1, -0.05) is 23.7 Å². The predicted molar refractivity (Wildman–Crippen MR) is 50.2 cm³/mol. The molecule has 0 heterocycles. The molecular weight excluding hydrogens is 174 g/mol. The highest BCUT2D eigenvalue weighted by atomic mass is 35.5. The highest BCUT2D eigenvalue weighted by molar-refractivity contribution is 6.31. The fourth-order valence-electron chi connectivity index (χ4n) is 1.03. The topological polar surface area (TPSA) is 46.2 Å². The summed E-state index contributed by atoms with van der Waals surface area (Å²) < 4.78 is 0. The molecule has 0 spiro atoms. The van der Waals surface area contributed by atoms with E-state index < -0.39 is 6.10 Å². The van der Waals surface area contributed by atoms with Crippen LogP contribution in [0, 0.1) is 6.92 Å². The number of aryl methyl sites for hydroxylation is 1. The first-order valence-corrected chi connectivity index (χ1v) is 4.17. The van der Waals surface area contributed by atoms with Gasteiger partial charge in [0, 0.05) is 17.1 Å². The van der Waals surface area contributed by atoms with Crippen LogP contribution in [0.25, 0.3) is 0 Å². The van der Waals surface area contributed by atoms with E-state index in [9.17, 15) is 5.11 Å². The lowest BCUT2D eigenvalue weighted by molar-refractivity contribution is 0.187. The lowest BCUT2D eigenvalue weighted by Gasteiger charge is -2.10. The summed E-state index contributed by atoms with van der Waals surface area (Å²) in [5.74, 6) is 0. The van der Waals surface area contributed by atoms with Gasteiger partial charge in [-0.3, -0.25) is 0 Å². The summed E-state index contributed by atoms with van der Waals surface area (Å²) in [7, 11) is 0. The summed E-state index contributed by atoms with van der Waals surface area (Å²) in [6.07, 6.45) is -0.655. The average Bonchev–Trinajstić information content (AvgIpc) is 2.03. The van der Waals surface area contributed by atoms with E-state index in [1.54, 1.807) is 6.07 Å². The summed E-state index contributed by atoms with van der Waals surface area (Å²) in [6, 6.07) is 5.52. The van der Waals surface area contributed by atoms with Gasteiger partial charge in [0.15, 0.2) is 0 Å². The summed E-state index contributed by atoms with van der Waals surface area (Å²) >= 11 is 5.89. The Kier molecular flexibility index (Phi) is 3.09. The minimum absolute atomic E-state index is 0.197. The molecule has 0 aromatic heterocycles. The first-order valence-electron chi connectivity index (χ1n) is 3.79. The molecule has 3 N–H and O–H groups in total. The Hall–Kier alpha value is -0.570. The van der Waals surface area contributed by atoms with Gasteiger partial charge in [-0.05, 0) is 18.6 Å². The number of aliphatic hydroxyl groups excluding tert-OH is 1. The fourth-order valence-corrected chi connectivity index (χ4v) is 1.39. The van der Waals surface area contributed by atoms with Crippen LogP contribution in [-0.2, 0) is 0 Å². The molecule has 1 aromatic rings. The lowest BCUT2D eigenvalue weighted by Crippen LogP contribution is -2.11. The molecule has 12 heavy (non-hydrogen) atoms. The molecule has 1 aromatic carbocycles. The molecule has 0 aliphatic heterocycles. The Morgan fingerprint density at radius 3 is 2.75 bits per heavy atom. The largest absolute Gasteiger partial charge is 0.387 e. The van der Waals surface area contributed by atoms with Crippen molar-refractivity contribution < 1.29 is 5.11 Å². The van der Waals surface area contributed by atoms with Crippen molar-refractivity contribution in [2.75, 3.05) is 6.54 Å². The number of nitrogens with two attached hydrogens (primary N) is 1. The van der Waals surface area contributed by atoms with E-state index in [0.29, 0.717) is 10.6 Å². The van der Waals surface area contributed by atoms with Crippen LogP contribution in [0.4, 0.5) is 0 Å². The second kappa shape index (κ2) is 3.90. The van der Waals surface area contributed by atoms with Crippen LogP contribution in [0.1, 0.15) is 17.2 Å². The van der Waals surface area contributed by atoms with Crippen molar-refractivity contribution in [3.8, 4) is 0 Å². The van der Waals surface area contributed by atoms with Gasteiger partial charge in [0.2, 0.25) is 0 Å². The Balaban J connectivity index is 3.01. The first-order chi connectivity index (χ1) is 5.65. The molecule has 1 unspecified atom stereocenters. The highest BCUT2D eigenvalue weighted by Crippen LogP contribution is 2.23. The van der Waals surface area contributed by atoms with Crippen LogP contribution >= 0.6 is 11.6 Å². The van der Waals surface area contributed by atoms with Crippen molar-refractivity contribution in [3.05, 3.63) is 34.3 Å². The van der Waals surface area contributed by atoms with Crippen molar-refractivity contribution in [2.24, 2.45) is 5.73 Å². The summed E-state index contributed by atoms with van der Waals surface area (Å²) in [6.45, 7) is 2.15. The minimum atomic E-state index is -0.655. The van der Waals surface area contributed by atoms with Gasteiger partial charge in [-0.25, -0.2) is 0 Å². The molecular formula is C9H12ClNO. The van der Waals surface area contributed by atoms with Crippen molar-refractivity contribution in [3.63, 3.8) is 0 Å². The first kappa shape index (κ1) is 9.52. The minimum Gasteiger partial charge on any atom is -0.387 e. The fraction of sp³-hybridized carbons (Fsp3) is 0.333. The number of aliphatic hydroxyl groups is 1. The van der Waals surface area contributed by atoms with Crippen LogP contribution in [0.3, 0.4) is 0 Å². The predicted octanol–water partition coefficient (Wildman–Crippen LogP) is 1.64. The maximum absolute atomic E-state index is 9.39. The Morgan fingerprint density at radius 2 is 2.25 bits per heavy atom. The van der Waals surface area contributed by atoms with Crippen molar-refractivity contribution in [2.45, 2.75) is 13.0 Å². The van der Waals surface area contributed by atoms with Crippen LogP contribution < -0.4 is 5.73 Å². The van der Waals surface area contributed by atoms with Crippen LogP contribution in [0.15, 0.2) is 18.2 Å². The van der Waals surface area contributed by atoms with E-state index in [2.05, 4.69) is 0 Å². The van der Waals surface area contributed by atoms with Gasteiger partial charge < -0.3 is 10.8 Å². The molecule has 66 valence electrons. The number of benzene rings is 1. The molecule has 3 heteroatoms. The zero-order valence-corrected chi connectivity index (χ0v) is 7.67. The molecule has 0 amide bonds. The van der Waals surface area contributed by atoms with Crippen LogP contribution in [0.5, 0.6) is 0 Å². The SMILES string of the molecule is Cc1ccc(C(O)CN)c(Cl)c1. The quantitative estimate of drug-likeness (QED) is 0.736. The van der Waals surface area contributed by atoms with Gasteiger partial charge in [-0.2, -0.15) is 0 Å². The summed E-state index contributed by atoms with van der Waals surface area (Å²) in [5.41, 5.74) is 7.08. The molecule has 0 aliphatic rings. The van der Waals surface area contributed by atoms with Gasteiger partial charge in [0.1, 0.15) is 0 Å². The number of hydrogen-bond acceptors (Lipinski definition) is 2. The van der Waals surface area contributed by atoms with Crippen LogP contribution in [0.2, 0.25) is 5.02 Å².